The van der Waals surface area contributed by atoms with Crippen LogP contribution in [0.15, 0.2) is 36.5 Å². The van der Waals surface area contributed by atoms with Gasteiger partial charge in [0.15, 0.2) is 0 Å². The number of methoxy groups -OCH3 is 1. The molecule has 2 atom stereocenters. The minimum Gasteiger partial charge on any atom is -0.496 e. The highest BCUT2D eigenvalue weighted by molar-refractivity contribution is 5.43. The summed E-state index contributed by atoms with van der Waals surface area (Å²) in [5, 5.41) is 12.2. The highest BCUT2D eigenvalue weighted by Gasteiger charge is 2.28. The Bertz CT molecular complexity index is 870. The number of nitrogens with one attached hydrogen (secondary N) is 3. The first-order valence-corrected chi connectivity index (χ1v) is 10.2. The van der Waals surface area contributed by atoms with Gasteiger partial charge in [-0.25, -0.2) is 15.8 Å². The predicted molar refractivity (Wildman–Crippen MR) is 112 cm³/mol. The van der Waals surface area contributed by atoms with Crippen LogP contribution in [0.1, 0.15) is 47.9 Å². The van der Waals surface area contributed by atoms with Gasteiger partial charge in [0.1, 0.15) is 17.6 Å². The highest BCUT2D eigenvalue weighted by Crippen LogP contribution is 2.35. The molecule has 2 aliphatic heterocycles. The molecular formula is C22H28N6O. The Kier molecular flexibility index (Phi) is 5.95. The third-order valence-electron chi connectivity index (χ3n) is 5.94. The number of hydrazine groups is 1. The molecule has 7 nitrogen and oxygen atoms in total. The van der Waals surface area contributed by atoms with Gasteiger partial charge in [0.25, 0.3) is 0 Å². The van der Waals surface area contributed by atoms with E-state index in [-0.39, 0.29) is 12.2 Å². The molecule has 0 aliphatic carbocycles. The van der Waals surface area contributed by atoms with E-state index in [1.807, 2.05) is 6.07 Å². The fourth-order valence-corrected chi connectivity index (χ4v) is 4.19. The van der Waals surface area contributed by atoms with E-state index in [1.165, 1.54) is 18.4 Å². The monoisotopic (exact) mass is 392 g/mol. The van der Waals surface area contributed by atoms with Gasteiger partial charge in [-0.1, -0.05) is 12.1 Å². The molecule has 2 unspecified atom stereocenters. The number of nitrogens with zero attached hydrogens (tertiary/aromatic N) is 3. The van der Waals surface area contributed by atoms with E-state index in [9.17, 15) is 0 Å². The molecule has 0 radical (unpaired) electrons. The number of nitriles is 1. The third kappa shape index (κ3) is 4.51. The Labute approximate surface area is 172 Å². The molecular weight excluding hydrogens is 364 g/mol. The smallest absolute Gasteiger partial charge is 0.127 e. The standard InChI is InChI=1S/C22H28N6O/c1-28-9-7-16(8-10-28)17-4-5-18(20(11-17)29-2)19-12-22(27-26-19)25-21-6-3-15(13-23)14-24-21/h3-6,11,14,16,19,22,26-27H,7-10,12H2,1-2H3,(H,24,25). The molecule has 3 heterocycles. The van der Waals surface area contributed by atoms with Crippen LogP contribution in [0, 0.1) is 11.3 Å². The molecule has 0 saturated carbocycles. The van der Waals surface area contributed by atoms with Crippen molar-refractivity contribution < 1.29 is 4.74 Å². The summed E-state index contributed by atoms with van der Waals surface area (Å²) >= 11 is 0. The number of hydrogen-bond acceptors (Lipinski definition) is 7. The molecule has 1 aromatic carbocycles. The molecule has 0 spiro atoms. The lowest BCUT2D eigenvalue weighted by atomic mass is 9.88. The lowest BCUT2D eigenvalue weighted by molar-refractivity contribution is 0.255. The van der Waals surface area contributed by atoms with Crippen molar-refractivity contribution in [2.24, 2.45) is 0 Å². The maximum absolute atomic E-state index is 8.89. The number of ether oxygens (including phenoxy) is 1. The normalized spacial score (nSPS) is 22.9. The summed E-state index contributed by atoms with van der Waals surface area (Å²) in [6, 6.07) is 12.5. The Morgan fingerprint density at radius 3 is 2.72 bits per heavy atom. The van der Waals surface area contributed by atoms with Crippen molar-refractivity contribution >= 4 is 5.82 Å². The van der Waals surface area contributed by atoms with Crippen molar-refractivity contribution in [3.05, 3.63) is 53.2 Å². The number of pyridine rings is 1. The number of hydrogen-bond donors (Lipinski definition) is 3. The molecule has 152 valence electrons. The minimum atomic E-state index is 0.0405. The number of anilines is 1. The Hall–Kier alpha value is -2.66. The summed E-state index contributed by atoms with van der Waals surface area (Å²) in [5.41, 5.74) is 9.75. The molecule has 3 N–H and O–H groups in total. The van der Waals surface area contributed by atoms with Crippen LogP contribution in [0.2, 0.25) is 0 Å². The average Bonchev–Trinajstić information content (AvgIpc) is 3.22. The van der Waals surface area contributed by atoms with Crippen LogP contribution in [-0.2, 0) is 0 Å². The fraction of sp³-hybridized carbons (Fsp3) is 0.455. The first kappa shape index (κ1) is 19.6. The van der Waals surface area contributed by atoms with E-state index < -0.39 is 0 Å². The van der Waals surface area contributed by atoms with Crippen LogP contribution in [0.25, 0.3) is 0 Å². The van der Waals surface area contributed by atoms with Crippen molar-refractivity contribution in [3.8, 4) is 11.8 Å². The van der Waals surface area contributed by atoms with Crippen molar-refractivity contribution in [2.45, 2.75) is 37.4 Å². The van der Waals surface area contributed by atoms with Crippen molar-refractivity contribution in [3.63, 3.8) is 0 Å². The third-order valence-corrected chi connectivity index (χ3v) is 5.94. The lowest BCUT2D eigenvalue weighted by Crippen LogP contribution is -2.36. The highest BCUT2D eigenvalue weighted by atomic mass is 16.5. The zero-order chi connectivity index (χ0) is 20.2. The molecule has 29 heavy (non-hydrogen) atoms. The second-order valence-electron chi connectivity index (χ2n) is 7.90. The van der Waals surface area contributed by atoms with E-state index in [0.717, 1.165) is 36.6 Å². The first-order valence-electron chi connectivity index (χ1n) is 10.2. The van der Waals surface area contributed by atoms with Gasteiger partial charge in [0.05, 0.1) is 24.9 Å². The lowest BCUT2D eigenvalue weighted by Gasteiger charge is -2.29. The van der Waals surface area contributed by atoms with Crippen LogP contribution in [0.5, 0.6) is 5.75 Å². The zero-order valence-corrected chi connectivity index (χ0v) is 17.0. The first-order chi connectivity index (χ1) is 14.2. The van der Waals surface area contributed by atoms with E-state index in [0.29, 0.717) is 11.5 Å². The topological polar surface area (TPSA) is 85.2 Å². The minimum absolute atomic E-state index is 0.0405. The summed E-state index contributed by atoms with van der Waals surface area (Å²) in [5.74, 6) is 2.30. The number of aromatic nitrogens is 1. The number of rotatable bonds is 5. The molecule has 7 heteroatoms. The van der Waals surface area contributed by atoms with Crippen molar-refractivity contribution in [1.29, 1.82) is 5.26 Å². The molecule has 2 aliphatic rings. The van der Waals surface area contributed by atoms with E-state index in [2.05, 4.69) is 57.4 Å². The van der Waals surface area contributed by atoms with Gasteiger partial charge in [-0.3, -0.25) is 0 Å². The summed E-state index contributed by atoms with van der Waals surface area (Å²) < 4.78 is 5.75. The van der Waals surface area contributed by atoms with Gasteiger partial charge in [-0.05, 0) is 62.7 Å². The van der Waals surface area contributed by atoms with E-state index in [1.54, 1.807) is 19.4 Å². The Balaban J connectivity index is 1.42. The Morgan fingerprint density at radius 2 is 2.03 bits per heavy atom. The number of benzene rings is 1. The van der Waals surface area contributed by atoms with E-state index in [4.69, 9.17) is 10.00 Å². The van der Waals surface area contributed by atoms with Crippen LogP contribution >= 0.6 is 0 Å². The summed E-state index contributed by atoms with van der Waals surface area (Å²) in [6.07, 6.45) is 4.87. The van der Waals surface area contributed by atoms with Crippen LogP contribution in [0.3, 0.4) is 0 Å². The quantitative estimate of drug-likeness (QED) is 0.721. The summed E-state index contributed by atoms with van der Waals surface area (Å²) in [7, 11) is 3.94. The van der Waals surface area contributed by atoms with Crippen LogP contribution in [0.4, 0.5) is 5.82 Å². The van der Waals surface area contributed by atoms with Gasteiger partial charge >= 0.3 is 0 Å². The molecule has 2 aromatic rings. The molecule has 2 saturated heterocycles. The molecule has 0 bridgehead atoms. The number of piperidine rings is 1. The fourth-order valence-electron chi connectivity index (χ4n) is 4.19. The largest absolute Gasteiger partial charge is 0.496 e. The molecule has 4 rings (SSSR count). The molecule has 2 fully saturated rings. The summed E-state index contributed by atoms with van der Waals surface area (Å²) in [6.45, 7) is 2.30. The molecule has 0 amide bonds. The Morgan fingerprint density at radius 1 is 1.21 bits per heavy atom. The average molecular weight is 393 g/mol. The maximum Gasteiger partial charge on any atom is 0.127 e. The van der Waals surface area contributed by atoms with Crippen LogP contribution < -0.4 is 20.9 Å². The number of likely N-dealkylation sites (tertiary alicyclic amines) is 1. The van der Waals surface area contributed by atoms with Gasteiger partial charge in [-0.2, -0.15) is 5.26 Å². The van der Waals surface area contributed by atoms with Crippen molar-refractivity contribution in [2.75, 3.05) is 32.6 Å². The van der Waals surface area contributed by atoms with Gasteiger partial charge < -0.3 is 15.0 Å². The van der Waals surface area contributed by atoms with Gasteiger partial charge in [-0.15, -0.1) is 0 Å². The molecule has 1 aromatic heterocycles. The van der Waals surface area contributed by atoms with Crippen LogP contribution in [-0.4, -0.2) is 43.3 Å². The second-order valence-corrected chi connectivity index (χ2v) is 7.90. The van der Waals surface area contributed by atoms with Crippen molar-refractivity contribution in [1.82, 2.24) is 20.7 Å². The zero-order valence-electron chi connectivity index (χ0n) is 17.0. The van der Waals surface area contributed by atoms with Gasteiger partial charge in [0, 0.05) is 18.2 Å². The maximum atomic E-state index is 8.89. The summed E-state index contributed by atoms with van der Waals surface area (Å²) in [4.78, 5) is 6.68. The second kappa shape index (κ2) is 8.78. The van der Waals surface area contributed by atoms with E-state index >= 15 is 0 Å². The predicted octanol–water partition coefficient (Wildman–Crippen LogP) is 2.75. The van der Waals surface area contributed by atoms with Gasteiger partial charge in [0.2, 0.25) is 0 Å². The SMILES string of the molecule is COc1cc(C2CCN(C)CC2)ccc1C1CC(Nc2ccc(C#N)cn2)NN1.